The Hall–Kier alpha value is -1.53. The van der Waals surface area contributed by atoms with E-state index in [4.69, 9.17) is 10.00 Å². The van der Waals surface area contributed by atoms with Crippen molar-refractivity contribution < 1.29 is 4.74 Å². The number of para-hydroxylation sites is 1. The number of ether oxygens (including phenoxy) is 1. The van der Waals surface area contributed by atoms with Crippen LogP contribution < -0.4 is 10.1 Å². The lowest BCUT2D eigenvalue weighted by Crippen LogP contribution is -2.50. The van der Waals surface area contributed by atoms with Gasteiger partial charge in [0.15, 0.2) is 5.72 Å². The van der Waals surface area contributed by atoms with Crippen LogP contribution in [0, 0.1) is 17.2 Å². The van der Waals surface area contributed by atoms with Crippen LogP contribution >= 0.6 is 0 Å². The van der Waals surface area contributed by atoms with Crippen LogP contribution in [-0.4, -0.2) is 12.8 Å². The molecular formula is C14H18N2O. The molecule has 0 aliphatic heterocycles. The van der Waals surface area contributed by atoms with Gasteiger partial charge in [-0.2, -0.15) is 5.26 Å². The van der Waals surface area contributed by atoms with E-state index in [2.05, 4.69) is 18.3 Å². The third-order valence-corrected chi connectivity index (χ3v) is 3.48. The molecule has 0 heterocycles. The minimum atomic E-state index is -0.313. The van der Waals surface area contributed by atoms with Crippen LogP contribution in [0.1, 0.15) is 31.7 Å². The van der Waals surface area contributed by atoms with Gasteiger partial charge in [0.1, 0.15) is 11.8 Å². The van der Waals surface area contributed by atoms with Gasteiger partial charge in [0.2, 0.25) is 0 Å². The molecule has 1 aromatic carbocycles. The number of hydrogen-bond acceptors (Lipinski definition) is 3. The maximum absolute atomic E-state index is 9.06. The summed E-state index contributed by atoms with van der Waals surface area (Å²) < 4.78 is 6.11. The number of nitrogens with zero attached hydrogens (tertiary/aromatic N) is 1. The highest BCUT2D eigenvalue weighted by atomic mass is 16.5. The fourth-order valence-electron chi connectivity index (χ4n) is 2.27. The van der Waals surface area contributed by atoms with Crippen molar-refractivity contribution in [1.82, 2.24) is 5.32 Å². The van der Waals surface area contributed by atoms with Crippen molar-refractivity contribution in [2.45, 2.75) is 31.9 Å². The van der Waals surface area contributed by atoms with Crippen molar-refractivity contribution in [2.24, 2.45) is 5.92 Å². The summed E-state index contributed by atoms with van der Waals surface area (Å²) in [5.41, 5.74) is 0.286. The van der Waals surface area contributed by atoms with Crippen LogP contribution in [0.3, 0.4) is 0 Å². The topological polar surface area (TPSA) is 45.0 Å². The van der Waals surface area contributed by atoms with Gasteiger partial charge >= 0.3 is 0 Å². The number of nitrogens with one attached hydrogen (secondary N) is 1. The van der Waals surface area contributed by atoms with E-state index in [1.807, 2.05) is 25.2 Å². The van der Waals surface area contributed by atoms with Crippen LogP contribution in [0.5, 0.6) is 5.75 Å². The molecule has 1 unspecified atom stereocenters. The van der Waals surface area contributed by atoms with E-state index in [1.54, 1.807) is 6.07 Å². The lowest BCUT2D eigenvalue weighted by atomic mass is 10.0. The van der Waals surface area contributed by atoms with Crippen molar-refractivity contribution in [3.05, 3.63) is 29.8 Å². The zero-order chi connectivity index (χ0) is 12.3. The molecule has 0 bridgehead atoms. The average molecular weight is 230 g/mol. The molecule has 1 saturated carbocycles. The van der Waals surface area contributed by atoms with E-state index in [0.717, 1.165) is 6.42 Å². The lowest BCUT2D eigenvalue weighted by molar-refractivity contribution is 0.0137. The molecule has 1 aromatic rings. The first kappa shape index (κ1) is 11.9. The molecule has 90 valence electrons. The standard InChI is InChI=1S/C14H18N2O/c1-3-14(16-2,12-8-9-12)17-13-7-5-4-6-11(13)10-15/h4-7,12,16H,3,8-9H2,1-2H3. The van der Waals surface area contributed by atoms with Crippen LogP contribution in [0.15, 0.2) is 24.3 Å². The van der Waals surface area contributed by atoms with Gasteiger partial charge in [0, 0.05) is 5.92 Å². The van der Waals surface area contributed by atoms with Crippen LogP contribution in [0.2, 0.25) is 0 Å². The van der Waals surface area contributed by atoms with Crippen LogP contribution in [0.4, 0.5) is 0 Å². The number of benzene rings is 1. The highest BCUT2D eigenvalue weighted by Crippen LogP contribution is 2.42. The predicted octanol–water partition coefficient (Wildman–Crippen LogP) is 2.67. The van der Waals surface area contributed by atoms with E-state index in [9.17, 15) is 0 Å². The SMILES string of the molecule is CCC(NC)(Oc1ccccc1C#N)C1CC1. The Bertz CT molecular complexity index is 428. The highest BCUT2D eigenvalue weighted by molar-refractivity contribution is 5.43. The Kier molecular flexibility index (Phi) is 3.35. The molecule has 1 aliphatic rings. The summed E-state index contributed by atoms with van der Waals surface area (Å²) in [4.78, 5) is 0. The van der Waals surface area contributed by atoms with Gasteiger partial charge in [-0.05, 0) is 38.4 Å². The molecule has 17 heavy (non-hydrogen) atoms. The summed E-state index contributed by atoms with van der Waals surface area (Å²) in [5, 5.41) is 12.4. The van der Waals surface area contributed by atoms with Crippen LogP contribution in [0.25, 0.3) is 0 Å². The molecule has 0 saturated heterocycles. The highest BCUT2D eigenvalue weighted by Gasteiger charge is 2.45. The van der Waals surface area contributed by atoms with Gasteiger partial charge in [0.25, 0.3) is 0 Å². The Morgan fingerprint density at radius 1 is 1.47 bits per heavy atom. The molecule has 3 heteroatoms. The fourth-order valence-corrected chi connectivity index (χ4v) is 2.27. The van der Waals surface area contributed by atoms with Gasteiger partial charge in [-0.15, -0.1) is 0 Å². The first-order chi connectivity index (χ1) is 8.25. The zero-order valence-electron chi connectivity index (χ0n) is 10.4. The molecular weight excluding hydrogens is 212 g/mol. The Labute approximate surface area is 102 Å². The number of hydrogen-bond donors (Lipinski definition) is 1. The van der Waals surface area contributed by atoms with Gasteiger partial charge in [-0.25, -0.2) is 0 Å². The molecule has 1 fully saturated rings. The molecule has 1 atom stereocenters. The minimum Gasteiger partial charge on any atom is -0.471 e. The van der Waals surface area contributed by atoms with Crippen molar-refractivity contribution in [3.63, 3.8) is 0 Å². The van der Waals surface area contributed by atoms with E-state index in [-0.39, 0.29) is 5.72 Å². The third kappa shape index (κ3) is 2.27. The first-order valence-electron chi connectivity index (χ1n) is 6.13. The molecule has 0 radical (unpaired) electrons. The largest absolute Gasteiger partial charge is 0.471 e. The minimum absolute atomic E-state index is 0.313. The molecule has 1 N–H and O–H groups in total. The van der Waals surface area contributed by atoms with E-state index in [1.165, 1.54) is 12.8 Å². The predicted molar refractivity (Wildman–Crippen MR) is 66.6 cm³/mol. The summed E-state index contributed by atoms with van der Waals surface area (Å²) in [7, 11) is 1.93. The van der Waals surface area contributed by atoms with Gasteiger partial charge in [-0.3, -0.25) is 5.32 Å². The molecule has 1 aliphatic carbocycles. The summed E-state index contributed by atoms with van der Waals surface area (Å²) in [6, 6.07) is 9.59. The van der Waals surface area contributed by atoms with E-state index < -0.39 is 0 Å². The quantitative estimate of drug-likeness (QED) is 0.791. The average Bonchev–Trinajstić information content (AvgIpc) is 3.21. The number of nitriles is 1. The van der Waals surface area contributed by atoms with Crippen molar-refractivity contribution in [3.8, 4) is 11.8 Å². The first-order valence-corrected chi connectivity index (χ1v) is 6.13. The van der Waals surface area contributed by atoms with Crippen molar-refractivity contribution in [1.29, 1.82) is 5.26 Å². The fraction of sp³-hybridized carbons (Fsp3) is 0.500. The van der Waals surface area contributed by atoms with Crippen molar-refractivity contribution >= 4 is 0 Å². The van der Waals surface area contributed by atoms with Gasteiger partial charge in [-0.1, -0.05) is 19.1 Å². The maximum atomic E-state index is 9.06. The second kappa shape index (κ2) is 4.77. The summed E-state index contributed by atoms with van der Waals surface area (Å²) in [5.74, 6) is 1.24. The monoisotopic (exact) mass is 230 g/mol. The Balaban J connectivity index is 2.26. The zero-order valence-corrected chi connectivity index (χ0v) is 10.4. The molecule has 3 nitrogen and oxygen atoms in total. The summed E-state index contributed by atoms with van der Waals surface area (Å²) >= 11 is 0. The second-order valence-corrected chi connectivity index (χ2v) is 4.48. The lowest BCUT2D eigenvalue weighted by Gasteiger charge is -2.33. The molecule has 2 rings (SSSR count). The molecule has 0 spiro atoms. The molecule has 0 aromatic heterocycles. The third-order valence-electron chi connectivity index (χ3n) is 3.48. The normalized spacial score (nSPS) is 18.2. The van der Waals surface area contributed by atoms with Crippen molar-refractivity contribution in [2.75, 3.05) is 7.05 Å². The summed E-state index contributed by atoms with van der Waals surface area (Å²) in [6.45, 7) is 2.11. The summed E-state index contributed by atoms with van der Waals surface area (Å²) in [6.07, 6.45) is 3.29. The number of rotatable bonds is 5. The Morgan fingerprint density at radius 2 is 2.18 bits per heavy atom. The molecule has 0 amide bonds. The second-order valence-electron chi connectivity index (χ2n) is 4.48. The van der Waals surface area contributed by atoms with Gasteiger partial charge < -0.3 is 4.74 Å². The van der Waals surface area contributed by atoms with Gasteiger partial charge in [0.05, 0.1) is 5.56 Å². The maximum Gasteiger partial charge on any atom is 0.163 e. The van der Waals surface area contributed by atoms with Crippen LogP contribution in [-0.2, 0) is 0 Å². The smallest absolute Gasteiger partial charge is 0.163 e. The van der Waals surface area contributed by atoms with E-state index in [0.29, 0.717) is 17.2 Å². The Morgan fingerprint density at radius 3 is 2.71 bits per heavy atom. The van der Waals surface area contributed by atoms with E-state index >= 15 is 0 Å².